The lowest BCUT2D eigenvalue weighted by Crippen LogP contribution is -2.48. The van der Waals surface area contributed by atoms with Crippen LogP contribution in [-0.2, 0) is 4.79 Å². The van der Waals surface area contributed by atoms with Gasteiger partial charge in [0.2, 0.25) is 5.91 Å². The van der Waals surface area contributed by atoms with Gasteiger partial charge in [0.05, 0.1) is 0 Å². The minimum Gasteiger partial charge on any atom is -0.396 e. The number of carbonyl (C=O) groups is 1. The van der Waals surface area contributed by atoms with Crippen molar-refractivity contribution in [3.05, 3.63) is 0 Å². The molecule has 1 aliphatic carbocycles. The average Bonchev–Trinajstić information content (AvgIpc) is 2.77. The highest BCUT2D eigenvalue weighted by Gasteiger charge is 2.29. The Balaban J connectivity index is 1.76. The fourth-order valence-corrected chi connectivity index (χ4v) is 3.14. The van der Waals surface area contributed by atoms with E-state index in [2.05, 4.69) is 5.32 Å². The quantitative estimate of drug-likeness (QED) is 0.765. The first-order chi connectivity index (χ1) is 8.20. The average molecular weight is 240 g/mol. The molecule has 1 heterocycles. The van der Waals surface area contributed by atoms with E-state index in [4.69, 9.17) is 0 Å². The van der Waals surface area contributed by atoms with Gasteiger partial charge in [-0.3, -0.25) is 4.79 Å². The SMILES string of the molecule is CC(=O)N1CCC(NC2CCCC2CO)CC1. The molecule has 0 aromatic rings. The van der Waals surface area contributed by atoms with Crippen LogP contribution in [0.1, 0.15) is 39.0 Å². The number of rotatable bonds is 3. The minimum atomic E-state index is 0.192. The van der Waals surface area contributed by atoms with Crippen LogP contribution >= 0.6 is 0 Å². The van der Waals surface area contributed by atoms with Gasteiger partial charge in [-0.15, -0.1) is 0 Å². The van der Waals surface area contributed by atoms with E-state index >= 15 is 0 Å². The summed E-state index contributed by atoms with van der Waals surface area (Å²) in [5, 5.41) is 13.0. The smallest absolute Gasteiger partial charge is 0.219 e. The Hall–Kier alpha value is -0.610. The number of likely N-dealkylation sites (tertiary alicyclic amines) is 1. The summed E-state index contributed by atoms with van der Waals surface area (Å²) < 4.78 is 0. The van der Waals surface area contributed by atoms with Crippen molar-refractivity contribution in [2.45, 2.75) is 51.1 Å². The first kappa shape index (κ1) is 12.8. The molecule has 0 aromatic carbocycles. The normalized spacial score (nSPS) is 30.8. The standard InChI is InChI=1S/C13H24N2O2/c1-10(17)15-7-5-12(6-8-15)14-13-4-2-3-11(13)9-16/h11-14,16H,2-9H2,1H3. The largest absolute Gasteiger partial charge is 0.396 e. The van der Waals surface area contributed by atoms with Crippen LogP contribution in [-0.4, -0.2) is 47.7 Å². The van der Waals surface area contributed by atoms with E-state index in [9.17, 15) is 9.90 Å². The van der Waals surface area contributed by atoms with Crippen LogP contribution in [0.2, 0.25) is 0 Å². The van der Waals surface area contributed by atoms with E-state index in [1.165, 1.54) is 12.8 Å². The molecule has 2 aliphatic rings. The zero-order valence-corrected chi connectivity index (χ0v) is 10.7. The number of nitrogens with zero attached hydrogens (tertiary/aromatic N) is 1. The maximum atomic E-state index is 11.2. The van der Waals surface area contributed by atoms with E-state index < -0.39 is 0 Å². The Morgan fingerprint density at radius 2 is 2.00 bits per heavy atom. The second kappa shape index (κ2) is 5.83. The molecule has 0 bridgehead atoms. The van der Waals surface area contributed by atoms with Gasteiger partial charge in [-0.05, 0) is 31.6 Å². The summed E-state index contributed by atoms with van der Waals surface area (Å²) in [5.74, 6) is 0.637. The zero-order valence-electron chi connectivity index (χ0n) is 10.7. The molecule has 4 heteroatoms. The molecule has 17 heavy (non-hydrogen) atoms. The fraction of sp³-hybridized carbons (Fsp3) is 0.923. The van der Waals surface area contributed by atoms with Gasteiger partial charge in [0, 0.05) is 38.7 Å². The third kappa shape index (κ3) is 3.19. The van der Waals surface area contributed by atoms with Gasteiger partial charge in [-0.25, -0.2) is 0 Å². The number of nitrogens with one attached hydrogen (secondary N) is 1. The van der Waals surface area contributed by atoms with Crippen molar-refractivity contribution >= 4 is 5.91 Å². The highest BCUT2D eigenvalue weighted by atomic mass is 16.3. The molecule has 0 aromatic heterocycles. The summed E-state index contributed by atoms with van der Waals surface area (Å²) in [6, 6.07) is 1.02. The number of hydrogen-bond donors (Lipinski definition) is 2. The monoisotopic (exact) mass is 240 g/mol. The Morgan fingerprint density at radius 3 is 2.59 bits per heavy atom. The Labute approximate surface area is 103 Å². The number of hydrogen-bond acceptors (Lipinski definition) is 3. The molecule has 2 fully saturated rings. The van der Waals surface area contributed by atoms with E-state index in [0.29, 0.717) is 24.6 Å². The molecule has 2 atom stereocenters. The molecule has 98 valence electrons. The molecule has 1 saturated carbocycles. The van der Waals surface area contributed by atoms with Crippen molar-refractivity contribution in [3.63, 3.8) is 0 Å². The van der Waals surface area contributed by atoms with Gasteiger partial charge in [-0.2, -0.15) is 0 Å². The summed E-state index contributed by atoms with van der Waals surface area (Å²) in [6.07, 6.45) is 5.68. The van der Waals surface area contributed by atoms with Gasteiger partial charge in [0.25, 0.3) is 0 Å². The van der Waals surface area contributed by atoms with Crippen molar-refractivity contribution in [2.24, 2.45) is 5.92 Å². The molecule has 1 saturated heterocycles. The molecule has 1 amide bonds. The van der Waals surface area contributed by atoms with Crippen LogP contribution < -0.4 is 5.32 Å². The van der Waals surface area contributed by atoms with Crippen molar-refractivity contribution < 1.29 is 9.90 Å². The van der Waals surface area contributed by atoms with Crippen molar-refractivity contribution in [2.75, 3.05) is 19.7 Å². The Kier molecular flexibility index (Phi) is 4.40. The molecular weight excluding hydrogens is 216 g/mol. The maximum absolute atomic E-state index is 11.2. The molecule has 4 nitrogen and oxygen atoms in total. The minimum absolute atomic E-state index is 0.192. The molecule has 2 unspecified atom stereocenters. The second-order valence-electron chi connectivity index (χ2n) is 5.43. The summed E-state index contributed by atoms with van der Waals surface area (Å²) in [7, 11) is 0. The number of amides is 1. The van der Waals surface area contributed by atoms with Crippen LogP contribution in [0.3, 0.4) is 0 Å². The second-order valence-corrected chi connectivity index (χ2v) is 5.43. The van der Waals surface area contributed by atoms with Crippen LogP contribution in [0.4, 0.5) is 0 Å². The lowest BCUT2D eigenvalue weighted by Gasteiger charge is -2.34. The van der Waals surface area contributed by atoms with E-state index in [1.807, 2.05) is 4.90 Å². The predicted octanol–water partition coefficient (Wildman–Crippen LogP) is 0.748. The van der Waals surface area contributed by atoms with Gasteiger partial charge in [0.15, 0.2) is 0 Å². The summed E-state index contributed by atoms with van der Waals surface area (Å²) in [6.45, 7) is 3.71. The lowest BCUT2D eigenvalue weighted by molar-refractivity contribution is -0.129. The summed E-state index contributed by atoms with van der Waals surface area (Å²) in [5.41, 5.74) is 0. The highest BCUT2D eigenvalue weighted by Crippen LogP contribution is 2.26. The van der Waals surface area contributed by atoms with Crippen LogP contribution in [0, 0.1) is 5.92 Å². The van der Waals surface area contributed by atoms with Crippen LogP contribution in [0.15, 0.2) is 0 Å². The van der Waals surface area contributed by atoms with Crippen LogP contribution in [0.5, 0.6) is 0 Å². The molecular formula is C13H24N2O2. The lowest BCUT2D eigenvalue weighted by atomic mass is 9.99. The molecule has 0 radical (unpaired) electrons. The Bertz CT molecular complexity index is 262. The summed E-state index contributed by atoms with van der Waals surface area (Å²) >= 11 is 0. The summed E-state index contributed by atoms with van der Waals surface area (Å²) in [4.78, 5) is 13.1. The van der Waals surface area contributed by atoms with E-state index in [-0.39, 0.29) is 5.91 Å². The third-order valence-electron chi connectivity index (χ3n) is 4.28. The molecule has 0 spiro atoms. The highest BCUT2D eigenvalue weighted by molar-refractivity contribution is 5.73. The number of carbonyl (C=O) groups excluding carboxylic acids is 1. The van der Waals surface area contributed by atoms with Gasteiger partial charge in [-0.1, -0.05) is 6.42 Å². The van der Waals surface area contributed by atoms with Crippen molar-refractivity contribution in [1.82, 2.24) is 10.2 Å². The molecule has 1 aliphatic heterocycles. The van der Waals surface area contributed by atoms with Crippen molar-refractivity contribution in [3.8, 4) is 0 Å². The van der Waals surface area contributed by atoms with Gasteiger partial charge >= 0.3 is 0 Å². The number of piperidine rings is 1. The zero-order chi connectivity index (χ0) is 12.3. The number of aliphatic hydroxyl groups is 1. The van der Waals surface area contributed by atoms with Crippen molar-refractivity contribution in [1.29, 1.82) is 0 Å². The van der Waals surface area contributed by atoms with Gasteiger partial charge in [0.1, 0.15) is 0 Å². The first-order valence-electron chi connectivity index (χ1n) is 6.83. The van der Waals surface area contributed by atoms with E-state index in [1.54, 1.807) is 6.92 Å². The third-order valence-corrected chi connectivity index (χ3v) is 4.28. The molecule has 2 rings (SSSR count). The Morgan fingerprint density at radius 1 is 1.29 bits per heavy atom. The topological polar surface area (TPSA) is 52.6 Å². The fourth-order valence-electron chi connectivity index (χ4n) is 3.14. The van der Waals surface area contributed by atoms with Gasteiger partial charge < -0.3 is 15.3 Å². The van der Waals surface area contributed by atoms with E-state index in [0.717, 1.165) is 32.4 Å². The predicted molar refractivity (Wildman–Crippen MR) is 66.6 cm³/mol. The number of aliphatic hydroxyl groups excluding tert-OH is 1. The van der Waals surface area contributed by atoms with Crippen LogP contribution in [0.25, 0.3) is 0 Å². The first-order valence-corrected chi connectivity index (χ1v) is 6.83. The maximum Gasteiger partial charge on any atom is 0.219 e. The molecule has 2 N–H and O–H groups in total.